The molecule has 0 N–H and O–H groups in total. The second-order valence-electron chi connectivity index (χ2n) is 8.74. The summed E-state index contributed by atoms with van der Waals surface area (Å²) in [6, 6.07) is 19.1. The van der Waals surface area contributed by atoms with Crippen LogP contribution in [0, 0.1) is 6.92 Å². The Morgan fingerprint density at radius 3 is 2.25 bits per heavy atom. The summed E-state index contributed by atoms with van der Waals surface area (Å²) in [6.07, 6.45) is 1.89. The summed E-state index contributed by atoms with van der Waals surface area (Å²) in [4.78, 5) is 9.38. The Labute approximate surface area is 195 Å². The third kappa shape index (κ3) is 5.89. The van der Waals surface area contributed by atoms with Gasteiger partial charge in [0, 0.05) is 11.1 Å². The minimum atomic E-state index is -4.27. The highest BCUT2D eigenvalue weighted by Gasteiger charge is 2.29. The Morgan fingerprint density at radius 1 is 1.00 bits per heavy atom. The predicted octanol–water partition coefficient (Wildman–Crippen LogP) is 4.68. The number of benzene rings is 2. The number of nitrogens with zero attached hydrogens (tertiary/aromatic N) is 3. The predicted molar refractivity (Wildman–Crippen MR) is 128 cm³/mol. The molecule has 1 unspecified atom stereocenters. The first-order valence-electron chi connectivity index (χ1n) is 10.3. The zero-order valence-corrected chi connectivity index (χ0v) is 20.7. The first kappa shape index (κ1) is 24.3. The van der Waals surface area contributed by atoms with E-state index in [-0.39, 0.29) is 4.90 Å². The molecule has 0 fully saturated rings. The molecule has 1 aliphatic heterocycles. The number of pyridine rings is 1. The topological polar surface area (TPSA) is 73.3 Å². The molecule has 2 heterocycles. The molecule has 0 aliphatic carbocycles. The molecule has 1 atom stereocenters. The van der Waals surface area contributed by atoms with E-state index in [1.165, 1.54) is 27.6 Å². The number of para-hydroxylation sites is 1. The lowest BCUT2D eigenvalue weighted by Gasteiger charge is -2.38. The van der Waals surface area contributed by atoms with Crippen LogP contribution in [0.25, 0.3) is 0 Å². The van der Waals surface area contributed by atoms with Gasteiger partial charge in [0.1, 0.15) is 22.0 Å². The van der Waals surface area contributed by atoms with Gasteiger partial charge in [-0.1, -0.05) is 41.6 Å². The van der Waals surface area contributed by atoms with Gasteiger partial charge in [-0.25, -0.2) is 13.4 Å². The molecule has 6 nitrogen and oxygen atoms in total. The molecule has 0 amide bonds. The van der Waals surface area contributed by atoms with Crippen LogP contribution in [-0.2, 0) is 10.1 Å². The molecule has 0 bridgehead atoms. The number of aryl methyl sites for hydroxylation is 1. The molecule has 1 aliphatic rings. The summed E-state index contributed by atoms with van der Waals surface area (Å²) < 4.78 is 32.1. The van der Waals surface area contributed by atoms with E-state index in [9.17, 15) is 13.0 Å². The third-order valence-corrected chi connectivity index (χ3v) is 7.41. The first-order chi connectivity index (χ1) is 15.0. The van der Waals surface area contributed by atoms with Crippen LogP contribution in [0.4, 0.5) is 11.5 Å². The lowest BCUT2D eigenvalue weighted by atomic mass is 10.2. The van der Waals surface area contributed by atoms with Crippen molar-refractivity contribution in [2.24, 2.45) is 0 Å². The zero-order valence-electron chi connectivity index (χ0n) is 19.0. The fourth-order valence-electron chi connectivity index (χ4n) is 3.06. The van der Waals surface area contributed by atoms with Gasteiger partial charge in [-0.3, -0.25) is 0 Å². The van der Waals surface area contributed by atoms with Crippen molar-refractivity contribution in [1.82, 2.24) is 4.98 Å². The van der Waals surface area contributed by atoms with Gasteiger partial charge in [-0.2, -0.15) is 0 Å². The fraction of sp³-hybridized carbons (Fsp3) is 0.292. The Balaban J connectivity index is 0.000000222. The van der Waals surface area contributed by atoms with Crippen LogP contribution >= 0.6 is 11.8 Å². The van der Waals surface area contributed by atoms with Gasteiger partial charge >= 0.3 is 0 Å². The number of fused-ring (bicyclic) bond motifs is 2. The molecule has 8 heteroatoms. The van der Waals surface area contributed by atoms with Gasteiger partial charge in [0.25, 0.3) is 0 Å². The second-order valence-corrected chi connectivity index (χ2v) is 11.2. The van der Waals surface area contributed by atoms with Gasteiger partial charge in [-0.15, -0.1) is 0 Å². The van der Waals surface area contributed by atoms with Crippen LogP contribution in [0.1, 0.15) is 12.5 Å². The average Bonchev–Trinajstić information content (AvgIpc) is 2.73. The summed E-state index contributed by atoms with van der Waals surface area (Å²) in [5, 5.41) is 0. The average molecular weight is 472 g/mol. The Morgan fingerprint density at radius 2 is 1.62 bits per heavy atom. The third-order valence-electron chi connectivity index (χ3n) is 5.46. The molecule has 0 saturated heterocycles. The largest absolute Gasteiger partial charge is 0.744 e. The van der Waals surface area contributed by atoms with E-state index in [1.54, 1.807) is 12.1 Å². The summed E-state index contributed by atoms with van der Waals surface area (Å²) >= 11 is 1.81. The summed E-state index contributed by atoms with van der Waals surface area (Å²) in [5.74, 6) is 1.08. The fourth-order valence-corrected chi connectivity index (χ4v) is 4.60. The standard InChI is InChI=1S/C17H22N3S.C7H8O3S/c1-13(20(2,3)4)12-19-14-8-5-6-9-15(14)21-16-10-7-11-18-17(16)19;1-6-2-4-7(5-3-6)11(8,9)10/h5-11,13H,12H2,1-4H3;2-5H,1H3,(H,8,9,10)/q+1;/p-1. The number of rotatable bonds is 4. The summed E-state index contributed by atoms with van der Waals surface area (Å²) in [5.41, 5.74) is 2.20. The zero-order chi connectivity index (χ0) is 23.5. The molecule has 32 heavy (non-hydrogen) atoms. The number of hydrogen-bond donors (Lipinski definition) is 0. The summed E-state index contributed by atoms with van der Waals surface area (Å²) in [6.45, 7) is 5.08. The Kier molecular flexibility index (Phi) is 7.29. The summed E-state index contributed by atoms with van der Waals surface area (Å²) in [7, 11) is 2.46. The van der Waals surface area contributed by atoms with Crippen molar-refractivity contribution in [1.29, 1.82) is 0 Å². The highest BCUT2D eigenvalue weighted by molar-refractivity contribution is 7.99. The van der Waals surface area contributed by atoms with Crippen LogP contribution in [0.2, 0.25) is 0 Å². The van der Waals surface area contributed by atoms with Crippen LogP contribution in [-0.4, -0.2) is 56.2 Å². The van der Waals surface area contributed by atoms with E-state index in [0.29, 0.717) is 6.04 Å². The molecule has 170 valence electrons. The molecular formula is C24H29N3O3S2. The molecular weight excluding hydrogens is 442 g/mol. The molecule has 0 radical (unpaired) electrons. The molecule has 0 spiro atoms. The lowest BCUT2D eigenvalue weighted by molar-refractivity contribution is -0.892. The monoisotopic (exact) mass is 471 g/mol. The first-order valence-corrected chi connectivity index (χ1v) is 12.5. The van der Waals surface area contributed by atoms with Gasteiger partial charge in [0.2, 0.25) is 0 Å². The number of aromatic nitrogens is 1. The maximum atomic E-state index is 10.4. The number of hydrogen-bond acceptors (Lipinski definition) is 6. The maximum absolute atomic E-state index is 10.4. The van der Waals surface area contributed by atoms with Crippen LogP contribution in [0.5, 0.6) is 0 Å². The Hall–Kier alpha value is -2.39. The van der Waals surface area contributed by atoms with E-state index in [0.717, 1.165) is 22.4 Å². The molecule has 4 rings (SSSR count). The van der Waals surface area contributed by atoms with Crippen LogP contribution in [0.3, 0.4) is 0 Å². The Bertz CT molecular complexity index is 1130. The van der Waals surface area contributed by atoms with Crippen molar-refractivity contribution in [3.8, 4) is 0 Å². The normalized spacial score (nSPS) is 14.0. The number of likely N-dealkylation sites (N-methyl/N-ethyl adjacent to an activating group) is 1. The lowest BCUT2D eigenvalue weighted by Crippen LogP contribution is -2.49. The van der Waals surface area contributed by atoms with E-state index >= 15 is 0 Å². The van der Waals surface area contributed by atoms with E-state index in [4.69, 9.17) is 0 Å². The smallest absolute Gasteiger partial charge is 0.147 e. The second kappa shape index (κ2) is 9.62. The highest BCUT2D eigenvalue weighted by Crippen LogP contribution is 2.46. The minimum Gasteiger partial charge on any atom is -0.744 e. The van der Waals surface area contributed by atoms with E-state index in [2.05, 4.69) is 68.3 Å². The van der Waals surface area contributed by atoms with Crippen molar-refractivity contribution >= 4 is 33.4 Å². The maximum Gasteiger partial charge on any atom is 0.147 e. The van der Waals surface area contributed by atoms with Crippen molar-refractivity contribution in [2.45, 2.75) is 34.6 Å². The van der Waals surface area contributed by atoms with Gasteiger partial charge in [0.15, 0.2) is 0 Å². The van der Waals surface area contributed by atoms with Crippen LogP contribution in [0.15, 0.2) is 81.5 Å². The molecule has 2 aromatic carbocycles. The molecule has 3 aromatic rings. The highest BCUT2D eigenvalue weighted by atomic mass is 32.2. The van der Waals surface area contributed by atoms with Crippen molar-refractivity contribution in [2.75, 3.05) is 32.6 Å². The van der Waals surface area contributed by atoms with E-state index < -0.39 is 10.1 Å². The molecule has 0 saturated carbocycles. The van der Waals surface area contributed by atoms with Gasteiger partial charge < -0.3 is 13.9 Å². The minimum absolute atomic E-state index is 0.178. The number of quaternary nitrogens is 1. The van der Waals surface area contributed by atoms with Crippen molar-refractivity contribution in [3.63, 3.8) is 0 Å². The van der Waals surface area contributed by atoms with Crippen LogP contribution < -0.4 is 4.90 Å². The van der Waals surface area contributed by atoms with Crippen molar-refractivity contribution < 1.29 is 17.5 Å². The SMILES string of the molecule is CC(CN1c2ccccc2Sc2cccnc21)[N+](C)(C)C.Cc1ccc(S(=O)(=O)[O-])cc1. The quantitative estimate of drug-likeness (QED) is 0.406. The van der Waals surface area contributed by atoms with E-state index in [1.807, 2.05) is 30.9 Å². The van der Waals surface area contributed by atoms with Gasteiger partial charge in [-0.05, 0) is 50.2 Å². The van der Waals surface area contributed by atoms with Gasteiger partial charge in [0.05, 0.1) is 43.2 Å². The van der Waals surface area contributed by atoms with Crippen molar-refractivity contribution in [3.05, 3.63) is 72.4 Å². The molecule has 1 aromatic heterocycles. The number of anilines is 2.